The molecule has 5 heteroatoms. The molecule has 0 unspecified atom stereocenters. The van der Waals surface area contributed by atoms with Gasteiger partial charge in [0.2, 0.25) is 0 Å². The van der Waals surface area contributed by atoms with E-state index in [1.807, 2.05) is 62.1 Å². The summed E-state index contributed by atoms with van der Waals surface area (Å²) in [6, 6.07) is 13.7. The summed E-state index contributed by atoms with van der Waals surface area (Å²) >= 11 is 0. The third-order valence-corrected chi connectivity index (χ3v) is 5.00. The predicted molar refractivity (Wildman–Crippen MR) is 108 cm³/mol. The van der Waals surface area contributed by atoms with Crippen LogP contribution in [-0.2, 0) is 13.0 Å². The van der Waals surface area contributed by atoms with Gasteiger partial charge in [0, 0.05) is 30.4 Å². The average Bonchev–Trinajstić information content (AvgIpc) is 3.08. The van der Waals surface area contributed by atoms with Gasteiger partial charge in [0.05, 0.1) is 0 Å². The van der Waals surface area contributed by atoms with Crippen LogP contribution in [0.1, 0.15) is 47.3 Å². The Morgan fingerprint density at radius 3 is 2.74 bits per heavy atom. The van der Waals surface area contributed by atoms with Crippen molar-refractivity contribution in [3.8, 4) is 0 Å². The summed E-state index contributed by atoms with van der Waals surface area (Å²) in [5.41, 5.74) is 4.88. The summed E-state index contributed by atoms with van der Waals surface area (Å²) in [5.74, 6) is 0.0251. The number of hydrogen-bond acceptors (Lipinski definition) is 2. The molecule has 3 rings (SSSR count). The van der Waals surface area contributed by atoms with Crippen LogP contribution < -0.4 is 15.5 Å². The lowest BCUT2D eigenvalue weighted by Crippen LogP contribution is -2.40. The summed E-state index contributed by atoms with van der Waals surface area (Å²) in [4.78, 5) is 26.7. The number of rotatable bonds is 5. The van der Waals surface area contributed by atoms with E-state index in [2.05, 4.69) is 16.7 Å². The maximum atomic E-state index is 12.9. The minimum Gasteiger partial charge on any atom is -0.336 e. The van der Waals surface area contributed by atoms with Gasteiger partial charge in [-0.1, -0.05) is 36.8 Å². The van der Waals surface area contributed by atoms with E-state index in [0.29, 0.717) is 18.7 Å². The van der Waals surface area contributed by atoms with Crippen molar-refractivity contribution >= 4 is 17.6 Å². The van der Waals surface area contributed by atoms with Gasteiger partial charge in [-0.2, -0.15) is 0 Å². The number of anilines is 1. The van der Waals surface area contributed by atoms with Crippen molar-refractivity contribution in [2.45, 2.75) is 46.2 Å². The second kappa shape index (κ2) is 8.25. The molecule has 1 aliphatic rings. The van der Waals surface area contributed by atoms with E-state index in [1.54, 1.807) is 0 Å². The molecule has 0 saturated heterocycles. The van der Waals surface area contributed by atoms with Crippen molar-refractivity contribution in [1.29, 1.82) is 0 Å². The molecule has 0 saturated carbocycles. The summed E-state index contributed by atoms with van der Waals surface area (Å²) in [5, 5.41) is 5.78. The maximum Gasteiger partial charge on any atom is 0.315 e. The smallest absolute Gasteiger partial charge is 0.315 e. The second-order valence-electron chi connectivity index (χ2n) is 7.18. The fourth-order valence-corrected chi connectivity index (χ4v) is 3.24. The number of nitrogens with one attached hydrogen (secondary N) is 2. The van der Waals surface area contributed by atoms with Crippen LogP contribution in [0.5, 0.6) is 0 Å². The number of benzene rings is 2. The van der Waals surface area contributed by atoms with Crippen molar-refractivity contribution in [1.82, 2.24) is 10.6 Å². The van der Waals surface area contributed by atoms with Crippen LogP contribution in [0.15, 0.2) is 42.5 Å². The number of nitrogens with zero attached hydrogens (tertiary/aromatic N) is 1. The van der Waals surface area contributed by atoms with Crippen LogP contribution in [0.2, 0.25) is 0 Å². The van der Waals surface area contributed by atoms with Gasteiger partial charge in [0.25, 0.3) is 5.91 Å². The molecular weight excluding hydrogens is 338 g/mol. The van der Waals surface area contributed by atoms with Crippen LogP contribution >= 0.6 is 0 Å². The van der Waals surface area contributed by atoms with Gasteiger partial charge in [0.15, 0.2) is 0 Å². The Morgan fingerprint density at radius 1 is 1.19 bits per heavy atom. The summed E-state index contributed by atoms with van der Waals surface area (Å²) in [6.45, 7) is 7.12. The Labute approximate surface area is 160 Å². The third kappa shape index (κ3) is 4.48. The van der Waals surface area contributed by atoms with Crippen molar-refractivity contribution < 1.29 is 9.59 Å². The van der Waals surface area contributed by atoms with Crippen LogP contribution in [0, 0.1) is 6.92 Å². The van der Waals surface area contributed by atoms with E-state index < -0.39 is 0 Å². The normalized spacial score (nSPS) is 13.8. The number of urea groups is 1. The van der Waals surface area contributed by atoms with Crippen molar-refractivity contribution in [2.75, 3.05) is 11.4 Å². The number of carbonyl (C=O) groups is 2. The first-order chi connectivity index (χ1) is 13.0. The van der Waals surface area contributed by atoms with E-state index in [4.69, 9.17) is 0 Å². The Bertz CT molecular complexity index is 847. The maximum absolute atomic E-state index is 12.9. The van der Waals surface area contributed by atoms with Gasteiger partial charge in [-0.25, -0.2) is 4.79 Å². The zero-order valence-corrected chi connectivity index (χ0v) is 16.2. The van der Waals surface area contributed by atoms with Gasteiger partial charge >= 0.3 is 6.03 Å². The predicted octanol–water partition coefficient (Wildman–Crippen LogP) is 3.80. The minimum atomic E-state index is -0.169. The molecule has 0 radical (unpaired) electrons. The molecule has 3 amide bonds. The number of amides is 3. The molecule has 5 nitrogen and oxygen atoms in total. The zero-order valence-electron chi connectivity index (χ0n) is 16.2. The van der Waals surface area contributed by atoms with E-state index >= 15 is 0 Å². The average molecular weight is 365 g/mol. The highest BCUT2D eigenvalue weighted by molar-refractivity contribution is 6.07. The molecule has 1 aliphatic heterocycles. The quantitative estimate of drug-likeness (QED) is 0.847. The van der Waals surface area contributed by atoms with E-state index in [9.17, 15) is 9.59 Å². The zero-order chi connectivity index (χ0) is 19.4. The van der Waals surface area contributed by atoms with Gasteiger partial charge < -0.3 is 15.5 Å². The lowest BCUT2D eigenvalue weighted by Gasteiger charge is -2.19. The first-order valence-corrected chi connectivity index (χ1v) is 9.52. The molecule has 0 spiro atoms. The molecule has 27 heavy (non-hydrogen) atoms. The lowest BCUT2D eigenvalue weighted by molar-refractivity contribution is 0.0989. The minimum absolute atomic E-state index is 0.0251. The molecule has 0 bridgehead atoms. The number of hydrogen-bond donors (Lipinski definition) is 2. The Balaban J connectivity index is 1.71. The number of fused-ring (bicyclic) bond motifs is 1. The van der Waals surface area contributed by atoms with E-state index in [1.165, 1.54) is 5.56 Å². The Morgan fingerprint density at radius 2 is 2.00 bits per heavy atom. The highest BCUT2D eigenvalue weighted by Crippen LogP contribution is 2.30. The summed E-state index contributed by atoms with van der Waals surface area (Å²) in [6.07, 6.45) is 1.75. The van der Waals surface area contributed by atoms with Crippen molar-refractivity contribution in [3.63, 3.8) is 0 Å². The molecule has 0 aliphatic carbocycles. The van der Waals surface area contributed by atoms with Crippen molar-refractivity contribution in [2.24, 2.45) is 0 Å². The van der Waals surface area contributed by atoms with Crippen LogP contribution in [0.3, 0.4) is 0 Å². The van der Waals surface area contributed by atoms with Crippen LogP contribution in [0.4, 0.5) is 10.5 Å². The second-order valence-corrected chi connectivity index (χ2v) is 7.18. The summed E-state index contributed by atoms with van der Waals surface area (Å²) < 4.78 is 0. The van der Waals surface area contributed by atoms with Crippen molar-refractivity contribution in [3.05, 3.63) is 64.7 Å². The number of aryl methyl sites for hydroxylation is 1. The SMILES string of the molecule is CC[C@H](C)NC(=O)NCc1ccc2c(c1)N(C(=O)c1cccc(C)c1)CC2. The molecule has 0 aromatic heterocycles. The third-order valence-electron chi connectivity index (χ3n) is 5.00. The van der Waals surface area contributed by atoms with Gasteiger partial charge in [-0.05, 0) is 56.0 Å². The van der Waals surface area contributed by atoms with Gasteiger partial charge in [-0.3, -0.25) is 4.79 Å². The van der Waals surface area contributed by atoms with E-state index in [-0.39, 0.29) is 18.0 Å². The van der Waals surface area contributed by atoms with Crippen LogP contribution in [-0.4, -0.2) is 24.5 Å². The topological polar surface area (TPSA) is 61.4 Å². The number of carbonyl (C=O) groups excluding carboxylic acids is 2. The largest absolute Gasteiger partial charge is 0.336 e. The first kappa shape index (κ1) is 19.0. The van der Waals surface area contributed by atoms with Crippen LogP contribution in [0.25, 0.3) is 0 Å². The molecule has 1 heterocycles. The molecule has 1 atom stereocenters. The highest BCUT2D eigenvalue weighted by Gasteiger charge is 2.25. The molecule has 142 valence electrons. The lowest BCUT2D eigenvalue weighted by atomic mass is 10.1. The molecule has 0 fully saturated rings. The molecule has 2 aromatic carbocycles. The molecule has 2 aromatic rings. The standard InChI is InChI=1S/C22H27N3O2/c1-4-16(3)24-22(27)23-14-17-8-9-18-10-11-25(20(18)13-17)21(26)19-7-5-6-15(2)12-19/h5-9,12-13,16H,4,10-11,14H2,1-3H3,(H2,23,24,27)/t16-/m0/s1. The fourth-order valence-electron chi connectivity index (χ4n) is 3.24. The van der Waals surface area contributed by atoms with Gasteiger partial charge in [-0.15, -0.1) is 0 Å². The molecular formula is C22H27N3O2. The first-order valence-electron chi connectivity index (χ1n) is 9.52. The Hall–Kier alpha value is -2.82. The Kier molecular flexibility index (Phi) is 5.79. The van der Waals surface area contributed by atoms with Gasteiger partial charge in [0.1, 0.15) is 0 Å². The fraction of sp³-hybridized carbons (Fsp3) is 0.364. The highest BCUT2D eigenvalue weighted by atomic mass is 16.2. The monoisotopic (exact) mass is 365 g/mol. The summed E-state index contributed by atoms with van der Waals surface area (Å²) in [7, 11) is 0. The van der Waals surface area contributed by atoms with E-state index in [0.717, 1.165) is 29.7 Å². The molecule has 2 N–H and O–H groups in total.